The first-order valence-electron chi connectivity index (χ1n) is 12.6. The lowest BCUT2D eigenvalue weighted by atomic mass is 9.75. The van der Waals surface area contributed by atoms with E-state index in [4.69, 9.17) is 25.8 Å². The van der Waals surface area contributed by atoms with Crippen LogP contribution in [0.3, 0.4) is 0 Å². The molecule has 2 aromatic carbocycles. The molecule has 0 spiro atoms. The summed E-state index contributed by atoms with van der Waals surface area (Å²) in [4.78, 5) is 12.4. The zero-order chi connectivity index (χ0) is 27.7. The molecule has 0 N–H and O–H groups in total. The van der Waals surface area contributed by atoms with Crippen LogP contribution in [0.25, 0.3) is 0 Å². The number of benzene rings is 2. The number of thioether (sulfide) groups is 1. The monoisotopic (exact) mass is 588 g/mol. The van der Waals surface area contributed by atoms with Crippen molar-refractivity contribution in [2.75, 3.05) is 25.6 Å². The molecule has 0 aliphatic carbocycles. The first-order valence-corrected chi connectivity index (χ1v) is 15.5. The van der Waals surface area contributed by atoms with Crippen LogP contribution in [0.1, 0.15) is 39.2 Å². The van der Waals surface area contributed by atoms with E-state index in [1.54, 1.807) is 6.92 Å². The number of ether oxygens (including phenoxy) is 3. The molecule has 4 rings (SSSR count). The van der Waals surface area contributed by atoms with Crippen LogP contribution in [-0.4, -0.2) is 51.3 Å². The van der Waals surface area contributed by atoms with Crippen LogP contribution in [0.4, 0.5) is 8.78 Å². The van der Waals surface area contributed by atoms with E-state index in [0.717, 1.165) is 12.1 Å². The topological polar surface area (TPSA) is 78.9 Å². The van der Waals surface area contributed by atoms with Crippen LogP contribution in [0, 0.1) is 23.5 Å². The summed E-state index contributed by atoms with van der Waals surface area (Å²) in [6.07, 6.45) is -0.324. The summed E-state index contributed by atoms with van der Waals surface area (Å²) < 4.78 is 74.1. The predicted octanol–water partition coefficient (Wildman–Crippen LogP) is 5.80. The molecule has 38 heavy (non-hydrogen) atoms. The Hall–Kier alpha value is -1.88. The quantitative estimate of drug-likeness (QED) is 0.343. The van der Waals surface area contributed by atoms with Gasteiger partial charge in [-0.2, -0.15) is 0 Å². The van der Waals surface area contributed by atoms with E-state index in [2.05, 4.69) is 0 Å². The van der Waals surface area contributed by atoms with E-state index in [-0.39, 0.29) is 54.3 Å². The van der Waals surface area contributed by atoms with E-state index in [1.807, 2.05) is 13.8 Å². The zero-order valence-electron chi connectivity index (χ0n) is 21.4. The summed E-state index contributed by atoms with van der Waals surface area (Å²) in [5, 5.41) is -0.0400. The lowest BCUT2D eigenvalue weighted by Gasteiger charge is -2.50. The molecule has 0 saturated carbocycles. The Morgan fingerprint density at radius 2 is 1.87 bits per heavy atom. The Morgan fingerprint density at radius 1 is 1.18 bits per heavy atom. The van der Waals surface area contributed by atoms with Gasteiger partial charge in [-0.3, -0.25) is 4.79 Å². The number of rotatable bonds is 9. The van der Waals surface area contributed by atoms with Gasteiger partial charge >= 0.3 is 5.97 Å². The normalized spacial score (nSPS) is 23.8. The molecule has 2 aliphatic heterocycles. The third-order valence-electron chi connectivity index (χ3n) is 7.17. The van der Waals surface area contributed by atoms with Crippen LogP contribution in [-0.2, 0) is 28.9 Å². The number of hydrogen-bond acceptors (Lipinski definition) is 7. The molecule has 11 heteroatoms. The molecule has 2 aromatic rings. The van der Waals surface area contributed by atoms with Crippen LogP contribution >= 0.6 is 23.4 Å². The van der Waals surface area contributed by atoms with Crippen LogP contribution in [0.15, 0.2) is 41.3 Å². The molecule has 0 radical (unpaired) electrons. The van der Waals surface area contributed by atoms with Crippen molar-refractivity contribution in [1.29, 1.82) is 0 Å². The average Bonchev–Trinajstić information content (AvgIpc) is 2.88. The van der Waals surface area contributed by atoms with E-state index in [0.29, 0.717) is 17.2 Å². The number of sulfone groups is 1. The number of halogens is 3. The standard InChI is InChI=1S/C27H31ClF2O6S2/c1-4-34-26(31)25(16(2)3)37-14-11-22-19-15-36-24-21(30)10-9-20(29)23(24)27(19,12-13-35-22)38(32,33)18-7-5-17(28)6-8-18/h5-10,16,19,22,25H,4,11-15H2,1-3H3/t19-,22-,25?,27-/m0/s1. The van der Waals surface area contributed by atoms with Crippen LogP contribution in [0.2, 0.25) is 5.02 Å². The fourth-order valence-electron chi connectivity index (χ4n) is 5.40. The molecule has 1 saturated heterocycles. The maximum Gasteiger partial charge on any atom is 0.319 e. The molecule has 208 valence electrons. The number of fused-ring (bicyclic) bond motifs is 3. The number of esters is 1. The minimum absolute atomic E-state index is 0.0256. The predicted molar refractivity (Wildman–Crippen MR) is 142 cm³/mol. The maximum atomic E-state index is 15.5. The molecular weight excluding hydrogens is 558 g/mol. The van der Waals surface area contributed by atoms with Gasteiger partial charge < -0.3 is 14.2 Å². The van der Waals surface area contributed by atoms with Crippen molar-refractivity contribution < 1.29 is 36.2 Å². The highest BCUT2D eigenvalue weighted by atomic mass is 35.5. The van der Waals surface area contributed by atoms with Gasteiger partial charge in [0.2, 0.25) is 0 Å². The highest BCUT2D eigenvalue weighted by Gasteiger charge is 2.61. The molecule has 0 bridgehead atoms. The van der Waals surface area contributed by atoms with Crippen LogP contribution < -0.4 is 4.74 Å². The first-order chi connectivity index (χ1) is 18.0. The van der Waals surface area contributed by atoms with Crippen LogP contribution in [0.5, 0.6) is 5.75 Å². The fraction of sp³-hybridized carbons (Fsp3) is 0.519. The molecule has 6 nitrogen and oxygen atoms in total. The minimum Gasteiger partial charge on any atom is -0.490 e. The molecule has 2 heterocycles. The second-order valence-electron chi connectivity index (χ2n) is 9.73. The lowest BCUT2D eigenvalue weighted by molar-refractivity contribution is -0.143. The Morgan fingerprint density at radius 3 is 2.53 bits per heavy atom. The fourth-order valence-corrected chi connectivity index (χ4v) is 9.08. The summed E-state index contributed by atoms with van der Waals surface area (Å²) in [6, 6.07) is 7.54. The van der Waals surface area contributed by atoms with Crippen molar-refractivity contribution in [2.45, 2.75) is 54.6 Å². The molecule has 1 unspecified atom stereocenters. The molecule has 1 fully saturated rings. The summed E-state index contributed by atoms with van der Waals surface area (Å²) in [5.41, 5.74) is -0.295. The van der Waals surface area contributed by atoms with Gasteiger partial charge in [0, 0.05) is 17.5 Å². The SMILES string of the molecule is CCOC(=O)C(SCC[C@@H]1OCC[C@@]2(S(=O)(=O)c3ccc(Cl)cc3)c3c(F)ccc(F)c3OC[C@@H]12)C(C)C. The van der Waals surface area contributed by atoms with E-state index >= 15 is 4.39 Å². The molecule has 4 atom stereocenters. The van der Waals surface area contributed by atoms with Gasteiger partial charge in [-0.15, -0.1) is 11.8 Å². The third-order valence-corrected chi connectivity index (χ3v) is 11.6. The van der Waals surface area contributed by atoms with Gasteiger partial charge in [0.1, 0.15) is 15.8 Å². The largest absolute Gasteiger partial charge is 0.490 e. The Labute approximate surface area is 231 Å². The summed E-state index contributed by atoms with van der Waals surface area (Å²) in [7, 11) is -4.27. The van der Waals surface area contributed by atoms with Gasteiger partial charge in [-0.1, -0.05) is 25.4 Å². The maximum absolute atomic E-state index is 15.5. The van der Waals surface area contributed by atoms with E-state index in [9.17, 15) is 17.6 Å². The number of carbonyl (C=O) groups is 1. The smallest absolute Gasteiger partial charge is 0.319 e. The van der Waals surface area contributed by atoms with Crippen molar-refractivity contribution in [1.82, 2.24) is 0 Å². The van der Waals surface area contributed by atoms with E-state index < -0.39 is 43.5 Å². The van der Waals surface area contributed by atoms with Gasteiger partial charge in [-0.25, -0.2) is 17.2 Å². The van der Waals surface area contributed by atoms with Gasteiger partial charge in [0.15, 0.2) is 21.4 Å². The van der Waals surface area contributed by atoms with Crippen molar-refractivity contribution >= 4 is 39.2 Å². The molecule has 0 amide bonds. The first kappa shape index (κ1) is 29.1. The van der Waals surface area contributed by atoms with Gasteiger partial charge in [-0.05, 0) is 67.8 Å². The second kappa shape index (κ2) is 11.7. The van der Waals surface area contributed by atoms with Gasteiger partial charge in [0.25, 0.3) is 0 Å². The average molecular weight is 589 g/mol. The Bertz CT molecular complexity index is 1270. The zero-order valence-corrected chi connectivity index (χ0v) is 23.8. The highest BCUT2D eigenvalue weighted by Crippen LogP contribution is 2.56. The molecular formula is C27H31ClF2O6S2. The van der Waals surface area contributed by atoms with Crippen molar-refractivity contribution in [3.05, 3.63) is 58.6 Å². The van der Waals surface area contributed by atoms with Gasteiger partial charge in [0.05, 0.1) is 29.8 Å². The third kappa shape index (κ3) is 5.17. The van der Waals surface area contributed by atoms with Crippen molar-refractivity contribution in [2.24, 2.45) is 11.8 Å². The van der Waals surface area contributed by atoms with Crippen molar-refractivity contribution in [3.63, 3.8) is 0 Å². The molecule has 2 aliphatic rings. The summed E-state index contributed by atoms with van der Waals surface area (Å²) >= 11 is 7.41. The number of hydrogen-bond donors (Lipinski definition) is 0. The second-order valence-corrected chi connectivity index (χ2v) is 13.6. The summed E-state index contributed by atoms with van der Waals surface area (Å²) in [5.74, 6) is -2.67. The highest BCUT2D eigenvalue weighted by molar-refractivity contribution is 8.00. The number of carbonyl (C=O) groups excluding carboxylic acids is 1. The van der Waals surface area contributed by atoms with Crippen molar-refractivity contribution in [3.8, 4) is 5.75 Å². The van der Waals surface area contributed by atoms with E-state index in [1.165, 1.54) is 36.0 Å². The molecule has 0 aromatic heterocycles. The summed E-state index contributed by atoms with van der Waals surface area (Å²) in [6.45, 7) is 5.75. The Kier molecular flexibility index (Phi) is 8.96. The lowest BCUT2D eigenvalue weighted by Crippen LogP contribution is -2.57. The minimum atomic E-state index is -4.27. The Balaban J connectivity index is 1.73.